The van der Waals surface area contributed by atoms with E-state index in [1.54, 1.807) is 38.1 Å². The predicted molar refractivity (Wildman–Crippen MR) is 72.2 cm³/mol. The molecule has 0 aliphatic heterocycles. The SMILES string of the molecule is CC1(C)[C@H](/C=C(\F)C(F)(F)F)[C@@H]1C(=O)OCc1ccccc1. The Morgan fingerprint density at radius 2 is 1.86 bits per heavy atom. The van der Waals surface area contributed by atoms with Crippen molar-refractivity contribution in [2.75, 3.05) is 0 Å². The lowest BCUT2D eigenvalue weighted by Crippen LogP contribution is -2.11. The summed E-state index contributed by atoms with van der Waals surface area (Å²) in [6.07, 6.45) is -4.54. The highest BCUT2D eigenvalue weighted by atomic mass is 19.4. The maximum absolute atomic E-state index is 13.0. The molecule has 0 heterocycles. The molecule has 1 fully saturated rings. The van der Waals surface area contributed by atoms with Gasteiger partial charge in [0, 0.05) is 0 Å². The Hall–Kier alpha value is -1.85. The predicted octanol–water partition coefficient (Wildman–Crippen LogP) is 4.42. The summed E-state index contributed by atoms with van der Waals surface area (Å²) in [5, 5.41) is 0. The number of ether oxygens (including phenoxy) is 1. The molecule has 22 heavy (non-hydrogen) atoms. The van der Waals surface area contributed by atoms with Crippen molar-refractivity contribution < 1.29 is 27.1 Å². The van der Waals surface area contributed by atoms with Crippen LogP contribution in [-0.4, -0.2) is 12.1 Å². The van der Waals surface area contributed by atoms with Gasteiger partial charge in [0.05, 0.1) is 5.92 Å². The van der Waals surface area contributed by atoms with E-state index < -0.39 is 35.2 Å². The molecule has 0 spiro atoms. The third-order valence-electron chi connectivity index (χ3n) is 3.99. The smallest absolute Gasteiger partial charge is 0.442 e. The maximum Gasteiger partial charge on any atom is 0.442 e. The van der Waals surface area contributed by atoms with Crippen LogP contribution in [0, 0.1) is 17.3 Å². The Morgan fingerprint density at radius 3 is 2.41 bits per heavy atom. The molecule has 0 bridgehead atoms. The molecule has 0 unspecified atom stereocenters. The summed E-state index contributed by atoms with van der Waals surface area (Å²) in [4.78, 5) is 12.0. The first-order valence-electron chi connectivity index (χ1n) is 6.79. The van der Waals surface area contributed by atoms with Crippen molar-refractivity contribution in [3.8, 4) is 0 Å². The van der Waals surface area contributed by atoms with Gasteiger partial charge in [0.15, 0.2) is 5.83 Å². The third kappa shape index (κ3) is 3.48. The van der Waals surface area contributed by atoms with Crippen LogP contribution < -0.4 is 0 Å². The summed E-state index contributed by atoms with van der Waals surface area (Å²) in [5.41, 5.74) is 0.0407. The van der Waals surface area contributed by atoms with Crippen molar-refractivity contribution >= 4 is 5.97 Å². The van der Waals surface area contributed by atoms with Gasteiger partial charge < -0.3 is 4.74 Å². The first kappa shape index (κ1) is 16.5. The number of hydrogen-bond donors (Lipinski definition) is 0. The lowest BCUT2D eigenvalue weighted by Gasteiger charge is -2.05. The zero-order valence-corrected chi connectivity index (χ0v) is 12.2. The summed E-state index contributed by atoms with van der Waals surface area (Å²) in [6, 6.07) is 8.93. The molecule has 0 aromatic heterocycles. The van der Waals surface area contributed by atoms with Crippen LogP contribution in [-0.2, 0) is 16.1 Å². The first-order chi connectivity index (χ1) is 10.1. The molecule has 2 rings (SSSR count). The molecule has 1 saturated carbocycles. The Labute approximate surface area is 125 Å². The molecule has 0 N–H and O–H groups in total. The molecule has 1 aliphatic rings. The molecule has 0 saturated heterocycles. The van der Waals surface area contributed by atoms with Crippen LogP contribution >= 0.6 is 0 Å². The van der Waals surface area contributed by atoms with Crippen LogP contribution in [0.1, 0.15) is 19.4 Å². The summed E-state index contributed by atoms with van der Waals surface area (Å²) in [6.45, 7) is 3.28. The zero-order valence-electron chi connectivity index (χ0n) is 12.2. The van der Waals surface area contributed by atoms with Gasteiger partial charge in [0.2, 0.25) is 0 Å². The van der Waals surface area contributed by atoms with E-state index in [1.165, 1.54) is 0 Å². The number of halogens is 4. The minimum absolute atomic E-state index is 0.0461. The van der Waals surface area contributed by atoms with E-state index in [0.717, 1.165) is 5.56 Å². The van der Waals surface area contributed by atoms with Crippen molar-refractivity contribution in [2.24, 2.45) is 17.3 Å². The minimum atomic E-state index is -5.02. The number of rotatable bonds is 4. The van der Waals surface area contributed by atoms with Crippen LogP contribution in [0.3, 0.4) is 0 Å². The van der Waals surface area contributed by atoms with Crippen molar-refractivity contribution in [3.05, 3.63) is 47.8 Å². The van der Waals surface area contributed by atoms with Crippen LogP contribution in [0.4, 0.5) is 17.6 Å². The maximum atomic E-state index is 13.0. The fourth-order valence-electron chi connectivity index (χ4n) is 2.51. The van der Waals surface area contributed by atoms with Gasteiger partial charge in [0.25, 0.3) is 0 Å². The number of benzene rings is 1. The first-order valence-corrected chi connectivity index (χ1v) is 6.79. The Kier molecular flexibility index (Phi) is 4.31. The zero-order chi connectivity index (χ0) is 16.5. The molecule has 1 aromatic carbocycles. The molecular weight excluding hydrogens is 300 g/mol. The Morgan fingerprint density at radius 1 is 1.27 bits per heavy atom. The van der Waals surface area contributed by atoms with Gasteiger partial charge in [-0.25, -0.2) is 4.39 Å². The highest BCUT2D eigenvalue weighted by molar-refractivity contribution is 5.78. The van der Waals surface area contributed by atoms with Crippen molar-refractivity contribution in [1.29, 1.82) is 0 Å². The summed E-state index contributed by atoms with van der Waals surface area (Å²) in [7, 11) is 0. The van der Waals surface area contributed by atoms with Gasteiger partial charge >= 0.3 is 12.1 Å². The van der Waals surface area contributed by atoms with Crippen molar-refractivity contribution in [3.63, 3.8) is 0 Å². The van der Waals surface area contributed by atoms with Gasteiger partial charge in [-0.1, -0.05) is 44.2 Å². The number of carbonyl (C=O) groups excluding carboxylic acids is 1. The summed E-state index contributed by atoms with van der Waals surface area (Å²) < 4.78 is 54.8. The molecular formula is C16H16F4O2. The number of esters is 1. The van der Waals surface area contributed by atoms with Crippen LogP contribution in [0.15, 0.2) is 42.2 Å². The summed E-state index contributed by atoms with van der Waals surface area (Å²) >= 11 is 0. The Balaban J connectivity index is 1.99. The molecule has 2 atom stereocenters. The van der Waals surface area contributed by atoms with Crippen molar-refractivity contribution in [1.82, 2.24) is 0 Å². The van der Waals surface area contributed by atoms with Crippen LogP contribution in [0.2, 0.25) is 0 Å². The molecule has 1 aliphatic carbocycles. The van der Waals surface area contributed by atoms with E-state index in [1.807, 2.05) is 6.07 Å². The van der Waals surface area contributed by atoms with E-state index in [0.29, 0.717) is 6.08 Å². The van der Waals surface area contributed by atoms with E-state index >= 15 is 0 Å². The number of allylic oxidation sites excluding steroid dienone is 2. The summed E-state index contributed by atoms with van der Waals surface area (Å²) in [5.74, 6) is -4.34. The second-order valence-electron chi connectivity index (χ2n) is 5.93. The normalized spacial score (nSPS) is 24.0. The van der Waals surface area contributed by atoms with Crippen molar-refractivity contribution in [2.45, 2.75) is 26.6 Å². The number of carbonyl (C=O) groups is 1. The lowest BCUT2D eigenvalue weighted by atomic mass is 10.1. The molecule has 0 amide bonds. The van der Waals surface area contributed by atoms with Gasteiger partial charge in [-0.05, 0) is 23.0 Å². The second kappa shape index (κ2) is 5.74. The standard InChI is InChI=1S/C16H16F4O2/c1-15(2)11(8-12(17)16(18,19)20)13(15)14(21)22-9-10-6-4-3-5-7-10/h3-8,11,13H,9H2,1-2H3/b12-8-/t11-,13-/m1/s1. The monoisotopic (exact) mass is 316 g/mol. The average Bonchev–Trinajstić information content (AvgIpc) is 2.97. The highest BCUT2D eigenvalue weighted by Gasteiger charge is 2.62. The van der Waals surface area contributed by atoms with Gasteiger partial charge in [-0.3, -0.25) is 4.79 Å². The molecule has 1 aromatic rings. The topological polar surface area (TPSA) is 26.3 Å². The molecule has 120 valence electrons. The lowest BCUT2D eigenvalue weighted by molar-refractivity contribution is -0.147. The molecule has 0 radical (unpaired) electrons. The van der Waals surface area contributed by atoms with E-state index in [-0.39, 0.29) is 6.61 Å². The van der Waals surface area contributed by atoms with Crippen LogP contribution in [0.25, 0.3) is 0 Å². The van der Waals surface area contributed by atoms with Gasteiger partial charge in [-0.15, -0.1) is 0 Å². The van der Waals surface area contributed by atoms with Crippen LogP contribution in [0.5, 0.6) is 0 Å². The quantitative estimate of drug-likeness (QED) is 0.607. The number of alkyl halides is 3. The third-order valence-corrected chi connectivity index (χ3v) is 3.99. The van der Waals surface area contributed by atoms with Gasteiger partial charge in [-0.2, -0.15) is 13.2 Å². The average molecular weight is 316 g/mol. The second-order valence-corrected chi connectivity index (χ2v) is 5.93. The fraction of sp³-hybridized carbons (Fsp3) is 0.438. The fourth-order valence-corrected chi connectivity index (χ4v) is 2.51. The molecule has 2 nitrogen and oxygen atoms in total. The van der Waals surface area contributed by atoms with E-state index in [4.69, 9.17) is 4.74 Å². The van der Waals surface area contributed by atoms with Gasteiger partial charge in [0.1, 0.15) is 6.61 Å². The minimum Gasteiger partial charge on any atom is -0.461 e. The Bertz CT molecular complexity index is 576. The van der Waals surface area contributed by atoms with E-state index in [9.17, 15) is 22.4 Å². The molecule has 6 heteroatoms. The largest absolute Gasteiger partial charge is 0.461 e. The number of hydrogen-bond acceptors (Lipinski definition) is 2. The highest BCUT2D eigenvalue weighted by Crippen LogP contribution is 2.60. The van der Waals surface area contributed by atoms with E-state index in [2.05, 4.69) is 0 Å².